The van der Waals surface area contributed by atoms with Crippen LogP contribution < -0.4 is 4.90 Å². The number of nitrogens with zero attached hydrogens (tertiary/aromatic N) is 2. The van der Waals surface area contributed by atoms with Gasteiger partial charge < -0.3 is 9.80 Å². The molecule has 2 heterocycles. The lowest BCUT2D eigenvalue weighted by molar-refractivity contribution is 0.0306. The molecule has 0 unspecified atom stereocenters. The Kier molecular flexibility index (Phi) is 4.14. The maximum absolute atomic E-state index is 11.3. The van der Waals surface area contributed by atoms with Crippen molar-refractivity contribution in [2.45, 2.75) is 51.0 Å². The fourth-order valence-corrected chi connectivity index (χ4v) is 4.71. The molecule has 0 aromatic heterocycles. The minimum absolute atomic E-state index is 0.576. The van der Waals surface area contributed by atoms with E-state index < -0.39 is 0 Å². The molecule has 1 saturated carbocycles. The molecule has 1 aromatic rings. The predicted octanol–water partition coefficient (Wildman–Crippen LogP) is 3.73. The molecule has 1 aliphatic carbocycles. The molecule has 0 N–H and O–H groups in total. The number of para-hydroxylation sites is 1. The average molecular weight is 312 g/mol. The summed E-state index contributed by atoms with van der Waals surface area (Å²) in [5.41, 5.74) is 2.54. The van der Waals surface area contributed by atoms with Crippen LogP contribution in [-0.4, -0.2) is 43.4 Å². The highest BCUT2D eigenvalue weighted by molar-refractivity contribution is 5.84. The first-order chi connectivity index (χ1) is 11.3. The zero-order chi connectivity index (χ0) is 15.7. The number of hydrogen-bond donors (Lipinski definition) is 0. The van der Waals surface area contributed by atoms with Crippen LogP contribution in [0.25, 0.3) is 0 Å². The number of carbonyl (C=O) groups excluding carboxylic acids is 1. The van der Waals surface area contributed by atoms with Crippen molar-refractivity contribution in [2.24, 2.45) is 5.41 Å². The summed E-state index contributed by atoms with van der Waals surface area (Å²) in [6.45, 7) is 4.84. The summed E-state index contributed by atoms with van der Waals surface area (Å²) >= 11 is 0. The van der Waals surface area contributed by atoms with Crippen LogP contribution in [0.3, 0.4) is 0 Å². The van der Waals surface area contributed by atoms with Gasteiger partial charge in [0.25, 0.3) is 0 Å². The molecule has 124 valence electrons. The van der Waals surface area contributed by atoms with Crippen molar-refractivity contribution < 1.29 is 4.79 Å². The van der Waals surface area contributed by atoms with Crippen LogP contribution in [0, 0.1) is 5.41 Å². The molecule has 3 aliphatic rings. The predicted molar refractivity (Wildman–Crippen MR) is 94.2 cm³/mol. The summed E-state index contributed by atoms with van der Waals surface area (Å²) in [7, 11) is 0. The molecule has 0 bridgehead atoms. The molecule has 3 fully saturated rings. The SMILES string of the molecule is O=Cc1ccccc1N1CCC2(CC1)CCN(C1CCC1)CC2. The smallest absolute Gasteiger partial charge is 0.152 e. The van der Waals surface area contributed by atoms with E-state index >= 15 is 0 Å². The molecule has 1 spiro atoms. The zero-order valence-corrected chi connectivity index (χ0v) is 14.0. The minimum Gasteiger partial charge on any atom is -0.371 e. The number of hydrogen-bond acceptors (Lipinski definition) is 3. The van der Waals surface area contributed by atoms with E-state index in [0.717, 1.165) is 36.7 Å². The summed E-state index contributed by atoms with van der Waals surface area (Å²) in [5.74, 6) is 0. The third-order valence-electron chi connectivity index (χ3n) is 6.68. The van der Waals surface area contributed by atoms with Crippen LogP contribution in [0.5, 0.6) is 0 Å². The van der Waals surface area contributed by atoms with Gasteiger partial charge in [-0.05, 0) is 69.2 Å². The Hall–Kier alpha value is -1.35. The van der Waals surface area contributed by atoms with Crippen molar-refractivity contribution in [1.82, 2.24) is 4.90 Å². The lowest BCUT2D eigenvalue weighted by atomic mass is 9.70. The molecule has 2 aliphatic heterocycles. The first kappa shape index (κ1) is 15.2. The van der Waals surface area contributed by atoms with E-state index in [4.69, 9.17) is 0 Å². The van der Waals surface area contributed by atoms with E-state index in [1.54, 1.807) is 0 Å². The Bertz CT molecular complexity index is 549. The standard InChI is InChI=1S/C20H28N2O/c23-16-17-4-1-2-7-19(17)22-14-10-20(11-15-22)8-12-21(13-9-20)18-5-3-6-18/h1-2,4,7,16,18H,3,5-6,8-15H2. The zero-order valence-electron chi connectivity index (χ0n) is 14.0. The number of piperidine rings is 2. The first-order valence-corrected chi connectivity index (χ1v) is 9.33. The molecule has 23 heavy (non-hydrogen) atoms. The van der Waals surface area contributed by atoms with Crippen LogP contribution >= 0.6 is 0 Å². The van der Waals surface area contributed by atoms with Gasteiger partial charge in [0.2, 0.25) is 0 Å². The topological polar surface area (TPSA) is 23.6 Å². The quantitative estimate of drug-likeness (QED) is 0.795. The molecular formula is C20H28N2O. The van der Waals surface area contributed by atoms with Gasteiger partial charge in [0.15, 0.2) is 6.29 Å². The Morgan fingerprint density at radius 2 is 1.61 bits per heavy atom. The molecule has 0 amide bonds. The molecule has 3 heteroatoms. The third-order valence-corrected chi connectivity index (χ3v) is 6.68. The number of likely N-dealkylation sites (tertiary alicyclic amines) is 1. The van der Waals surface area contributed by atoms with E-state index in [2.05, 4.69) is 15.9 Å². The van der Waals surface area contributed by atoms with Crippen LogP contribution in [0.15, 0.2) is 24.3 Å². The van der Waals surface area contributed by atoms with Gasteiger partial charge in [0.1, 0.15) is 0 Å². The summed E-state index contributed by atoms with van der Waals surface area (Å²) < 4.78 is 0. The maximum atomic E-state index is 11.3. The number of rotatable bonds is 3. The average Bonchev–Trinajstić information content (AvgIpc) is 2.56. The largest absolute Gasteiger partial charge is 0.371 e. The van der Waals surface area contributed by atoms with Crippen LogP contribution in [0.1, 0.15) is 55.3 Å². The van der Waals surface area contributed by atoms with Crippen LogP contribution in [0.2, 0.25) is 0 Å². The number of carbonyl (C=O) groups is 1. The van der Waals surface area contributed by atoms with Crippen molar-refractivity contribution in [3.05, 3.63) is 29.8 Å². The van der Waals surface area contributed by atoms with Crippen molar-refractivity contribution in [1.29, 1.82) is 0 Å². The minimum atomic E-state index is 0.576. The second kappa shape index (κ2) is 6.27. The Morgan fingerprint density at radius 3 is 2.22 bits per heavy atom. The first-order valence-electron chi connectivity index (χ1n) is 9.33. The van der Waals surface area contributed by atoms with Crippen molar-refractivity contribution in [3.8, 4) is 0 Å². The van der Waals surface area contributed by atoms with E-state index in [0.29, 0.717) is 5.41 Å². The summed E-state index contributed by atoms with van der Waals surface area (Å²) in [4.78, 5) is 16.4. The van der Waals surface area contributed by atoms with E-state index in [9.17, 15) is 4.79 Å². The van der Waals surface area contributed by atoms with Crippen molar-refractivity contribution in [2.75, 3.05) is 31.1 Å². The van der Waals surface area contributed by atoms with Gasteiger partial charge in [-0.25, -0.2) is 0 Å². The number of aldehydes is 1. The lowest BCUT2D eigenvalue weighted by Gasteiger charge is -2.50. The highest BCUT2D eigenvalue weighted by Crippen LogP contribution is 2.43. The molecule has 3 nitrogen and oxygen atoms in total. The highest BCUT2D eigenvalue weighted by atomic mass is 16.1. The summed E-state index contributed by atoms with van der Waals surface area (Å²) in [6, 6.07) is 8.94. The third kappa shape index (κ3) is 2.91. The van der Waals surface area contributed by atoms with Crippen LogP contribution in [0.4, 0.5) is 5.69 Å². The van der Waals surface area contributed by atoms with Crippen molar-refractivity contribution in [3.63, 3.8) is 0 Å². The van der Waals surface area contributed by atoms with Crippen LogP contribution in [-0.2, 0) is 0 Å². The van der Waals surface area contributed by atoms with Gasteiger partial charge in [-0.3, -0.25) is 4.79 Å². The number of anilines is 1. The second-order valence-electron chi connectivity index (χ2n) is 7.78. The Balaban J connectivity index is 1.36. The van der Waals surface area contributed by atoms with Gasteiger partial charge in [-0.15, -0.1) is 0 Å². The summed E-state index contributed by atoms with van der Waals surface area (Å²) in [6.07, 6.45) is 10.7. The lowest BCUT2D eigenvalue weighted by Crippen LogP contribution is -2.51. The van der Waals surface area contributed by atoms with Gasteiger partial charge in [-0.2, -0.15) is 0 Å². The fourth-order valence-electron chi connectivity index (χ4n) is 4.71. The maximum Gasteiger partial charge on any atom is 0.152 e. The van der Waals surface area contributed by atoms with Gasteiger partial charge in [0.05, 0.1) is 0 Å². The van der Waals surface area contributed by atoms with Crippen molar-refractivity contribution >= 4 is 12.0 Å². The van der Waals surface area contributed by atoms with E-state index in [-0.39, 0.29) is 0 Å². The summed E-state index contributed by atoms with van der Waals surface area (Å²) in [5, 5.41) is 0. The molecule has 4 rings (SSSR count). The van der Waals surface area contributed by atoms with Gasteiger partial charge in [-0.1, -0.05) is 18.6 Å². The molecular weight excluding hydrogens is 284 g/mol. The Morgan fingerprint density at radius 1 is 0.957 bits per heavy atom. The van der Waals surface area contributed by atoms with E-state index in [1.807, 2.05) is 18.2 Å². The number of benzene rings is 1. The Labute approximate surface area is 139 Å². The van der Waals surface area contributed by atoms with E-state index in [1.165, 1.54) is 58.0 Å². The molecule has 1 aromatic carbocycles. The molecule has 0 atom stereocenters. The second-order valence-corrected chi connectivity index (χ2v) is 7.78. The monoisotopic (exact) mass is 312 g/mol. The normalized spacial score (nSPS) is 25.3. The molecule has 2 saturated heterocycles. The van der Waals surface area contributed by atoms with Gasteiger partial charge in [0, 0.05) is 30.4 Å². The highest BCUT2D eigenvalue weighted by Gasteiger charge is 2.39. The fraction of sp³-hybridized carbons (Fsp3) is 0.650. The van der Waals surface area contributed by atoms with Gasteiger partial charge >= 0.3 is 0 Å². The molecule has 0 radical (unpaired) electrons.